The fourth-order valence-electron chi connectivity index (χ4n) is 3.81. The fraction of sp³-hybridized carbons (Fsp3) is 0.417. The summed E-state index contributed by atoms with van der Waals surface area (Å²) >= 11 is 0. The number of amides is 2. The molecular weight excluding hydrogens is 418 g/mol. The maximum atomic E-state index is 13.1. The molecule has 0 aliphatic carbocycles. The first kappa shape index (κ1) is 23.5. The zero-order valence-electron chi connectivity index (χ0n) is 18.4. The summed E-state index contributed by atoms with van der Waals surface area (Å²) in [6.07, 6.45) is 0.811. The Balaban J connectivity index is 1.74. The fourth-order valence-corrected chi connectivity index (χ4v) is 3.81. The zero-order valence-corrected chi connectivity index (χ0v) is 18.4. The van der Waals surface area contributed by atoms with Crippen LogP contribution in [0.15, 0.2) is 42.5 Å². The first-order chi connectivity index (χ1) is 15.3. The quantitative estimate of drug-likeness (QED) is 0.668. The van der Waals surface area contributed by atoms with Gasteiger partial charge in [-0.1, -0.05) is 44.2 Å². The van der Waals surface area contributed by atoms with Crippen molar-refractivity contribution in [1.29, 1.82) is 0 Å². The van der Waals surface area contributed by atoms with Crippen LogP contribution in [-0.2, 0) is 29.1 Å². The number of alkyl halides is 2. The zero-order chi connectivity index (χ0) is 23.3. The first-order valence-electron chi connectivity index (χ1n) is 10.5. The third kappa shape index (κ3) is 5.75. The van der Waals surface area contributed by atoms with E-state index in [1.165, 1.54) is 19.2 Å². The van der Waals surface area contributed by atoms with Crippen molar-refractivity contribution in [2.45, 2.75) is 52.4 Å². The number of fused-ring (bicyclic) bond motifs is 1. The normalized spacial score (nSPS) is 15.5. The van der Waals surface area contributed by atoms with Crippen molar-refractivity contribution in [1.82, 2.24) is 10.2 Å². The number of nitrogens with zero attached hydrogens (tertiary/aromatic N) is 1. The molecule has 1 aliphatic heterocycles. The number of ether oxygens (including phenoxy) is 2. The summed E-state index contributed by atoms with van der Waals surface area (Å²) in [7, 11) is 1.35. The number of hydrogen-bond donors (Lipinski definition) is 1. The number of halogens is 2. The molecule has 2 aromatic carbocycles. The smallest absolute Gasteiger partial charge is 0.387 e. The molecule has 1 aliphatic rings. The van der Waals surface area contributed by atoms with Gasteiger partial charge in [0.2, 0.25) is 11.8 Å². The molecule has 32 heavy (non-hydrogen) atoms. The molecule has 0 radical (unpaired) electrons. The van der Waals surface area contributed by atoms with Gasteiger partial charge in [0.15, 0.2) is 11.5 Å². The van der Waals surface area contributed by atoms with E-state index < -0.39 is 12.7 Å². The van der Waals surface area contributed by atoms with E-state index in [0.717, 1.165) is 11.1 Å². The maximum absolute atomic E-state index is 13.1. The molecule has 0 saturated heterocycles. The Kier molecular flexibility index (Phi) is 7.66. The highest BCUT2D eigenvalue weighted by molar-refractivity contribution is 5.88. The van der Waals surface area contributed by atoms with Gasteiger partial charge in [0, 0.05) is 25.9 Å². The molecule has 1 N–H and O–H groups in total. The van der Waals surface area contributed by atoms with Crippen molar-refractivity contribution < 1.29 is 27.8 Å². The van der Waals surface area contributed by atoms with Gasteiger partial charge in [-0.3, -0.25) is 9.59 Å². The molecule has 2 amide bonds. The van der Waals surface area contributed by atoms with Gasteiger partial charge in [-0.2, -0.15) is 8.78 Å². The number of benzene rings is 2. The molecule has 1 atom stereocenters. The molecule has 8 heteroatoms. The molecular formula is C24H28F2N2O4. The average Bonchev–Trinajstić information content (AvgIpc) is 2.76. The van der Waals surface area contributed by atoms with Crippen molar-refractivity contribution in [2.75, 3.05) is 7.11 Å². The van der Waals surface area contributed by atoms with Gasteiger partial charge >= 0.3 is 6.61 Å². The second-order valence-corrected chi connectivity index (χ2v) is 8.19. The van der Waals surface area contributed by atoms with E-state index in [0.29, 0.717) is 24.9 Å². The summed E-state index contributed by atoms with van der Waals surface area (Å²) in [6.45, 7) is 1.54. The summed E-state index contributed by atoms with van der Waals surface area (Å²) in [4.78, 5) is 27.6. The van der Waals surface area contributed by atoms with Crippen molar-refractivity contribution in [3.05, 3.63) is 59.2 Å². The number of nitrogens with one attached hydrogen (secondary N) is 1. The first-order valence-corrected chi connectivity index (χ1v) is 10.5. The highest BCUT2D eigenvalue weighted by Crippen LogP contribution is 2.30. The summed E-state index contributed by atoms with van der Waals surface area (Å²) in [6, 6.07) is 11.7. The molecule has 0 spiro atoms. The van der Waals surface area contributed by atoms with Crippen molar-refractivity contribution >= 4 is 11.8 Å². The average molecular weight is 446 g/mol. The van der Waals surface area contributed by atoms with Gasteiger partial charge in [0.1, 0.15) is 6.04 Å². The van der Waals surface area contributed by atoms with Crippen molar-refractivity contribution in [3.63, 3.8) is 0 Å². The highest BCUT2D eigenvalue weighted by atomic mass is 19.3. The summed E-state index contributed by atoms with van der Waals surface area (Å²) in [5, 5.41) is 2.87. The number of methoxy groups -OCH3 is 1. The molecule has 0 bridgehead atoms. The maximum Gasteiger partial charge on any atom is 0.387 e. The van der Waals surface area contributed by atoms with E-state index in [2.05, 4.69) is 10.1 Å². The van der Waals surface area contributed by atoms with Crippen molar-refractivity contribution in [2.24, 2.45) is 5.92 Å². The predicted octanol–water partition coefficient (Wildman–Crippen LogP) is 3.91. The van der Waals surface area contributed by atoms with Gasteiger partial charge in [-0.15, -0.1) is 0 Å². The molecule has 0 fully saturated rings. The van der Waals surface area contributed by atoms with Crippen LogP contribution in [0.25, 0.3) is 0 Å². The Morgan fingerprint density at radius 1 is 1.12 bits per heavy atom. The highest BCUT2D eigenvalue weighted by Gasteiger charge is 2.34. The second-order valence-electron chi connectivity index (χ2n) is 8.19. The summed E-state index contributed by atoms with van der Waals surface area (Å²) in [5.41, 5.74) is 2.76. The second kappa shape index (κ2) is 10.4. The van der Waals surface area contributed by atoms with Crippen LogP contribution in [0.1, 0.15) is 37.0 Å². The lowest BCUT2D eigenvalue weighted by Crippen LogP contribution is -2.52. The van der Waals surface area contributed by atoms with E-state index in [1.807, 2.05) is 38.1 Å². The topological polar surface area (TPSA) is 67.9 Å². The minimum absolute atomic E-state index is 0.0511. The van der Waals surface area contributed by atoms with Crippen LogP contribution in [0.2, 0.25) is 0 Å². The number of carbonyl (C=O) groups excluding carboxylic acids is 2. The molecule has 0 saturated carbocycles. The van der Waals surface area contributed by atoms with Crippen LogP contribution < -0.4 is 14.8 Å². The third-order valence-corrected chi connectivity index (χ3v) is 5.37. The predicted molar refractivity (Wildman–Crippen MR) is 115 cm³/mol. The van der Waals surface area contributed by atoms with Gasteiger partial charge in [0.25, 0.3) is 0 Å². The molecule has 0 aromatic heterocycles. The molecule has 172 valence electrons. The largest absolute Gasteiger partial charge is 0.493 e. The molecule has 3 rings (SSSR count). The summed E-state index contributed by atoms with van der Waals surface area (Å²) in [5.74, 6) is -0.0533. The van der Waals surface area contributed by atoms with E-state index in [9.17, 15) is 18.4 Å². The lowest BCUT2D eigenvalue weighted by Gasteiger charge is -2.36. The van der Waals surface area contributed by atoms with Gasteiger partial charge in [-0.05, 0) is 34.7 Å². The van der Waals surface area contributed by atoms with E-state index >= 15 is 0 Å². The van der Waals surface area contributed by atoms with Crippen molar-refractivity contribution in [3.8, 4) is 11.5 Å². The summed E-state index contributed by atoms with van der Waals surface area (Å²) < 4.78 is 34.6. The van der Waals surface area contributed by atoms with Crippen LogP contribution in [0.3, 0.4) is 0 Å². The van der Waals surface area contributed by atoms with E-state index in [-0.39, 0.29) is 35.8 Å². The van der Waals surface area contributed by atoms with Gasteiger partial charge in [-0.25, -0.2) is 0 Å². The monoisotopic (exact) mass is 446 g/mol. The standard InChI is InChI=1S/C24H28F2N2O4/c1-15(2)10-22(29)28-14-18-7-5-4-6-17(18)12-19(28)23(30)27-13-16-8-9-20(32-24(25)26)21(11-16)31-3/h4-9,11,15,19,24H,10,12-14H2,1-3H3,(H,27,30). The van der Waals surface area contributed by atoms with Crippen LogP contribution >= 0.6 is 0 Å². The Morgan fingerprint density at radius 3 is 2.50 bits per heavy atom. The molecule has 1 unspecified atom stereocenters. The third-order valence-electron chi connectivity index (χ3n) is 5.37. The van der Waals surface area contributed by atoms with Gasteiger partial charge in [0.05, 0.1) is 7.11 Å². The minimum Gasteiger partial charge on any atom is -0.493 e. The van der Waals surface area contributed by atoms with Crippen LogP contribution in [-0.4, -0.2) is 36.5 Å². The molecule has 6 nitrogen and oxygen atoms in total. The Morgan fingerprint density at radius 2 is 1.84 bits per heavy atom. The van der Waals surface area contributed by atoms with Crippen LogP contribution in [0, 0.1) is 5.92 Å². The molecule has 1 heterocycles. The SMILES string of the molecule is COc1cc(CNC(=O)C2Cc3ccccc3CN2C(=O)CC(C)C)ccc1OC(F)F. The van der Waals surface area contributed by atoms with Crippen LogP contribution in [0.5, 0.6) is 11.5 Å². The number of rotatable bonds is 8. The Bertz CT molecular complexity index is 965. The molecule has 2 aromatic rings. The number of carbonyl (C=O) groups is 2. The lowest BCUT2D eigenvalue weighted by molar-refractivity contribution is -0.142. The van der Waals surface area contributed by atoms with E-state index in [4.69, 9.17) is 4.74 Å². The minimum atomic E-state index is -2.96. The van der Waals surface area contributed by atoms with E-state index in [1.54, 1.807) is 11.0 Å². The Labute approximate surface area is 186 Å². The Hall–Kier alpha value is -3.16. The lowest BCUT2D eigenvalue weighted by atomic mass is 9.92. The van der Waals surface area contributed by atoms with Gasteiger partial charge < -0.3 is 19.7 Å². The van der Waals surface area contributed by atoms with Crippen LogP contribution in [0.4, 0.5) is 8.78 Å². The number of hydrogen-bond acceptors (Lipinski definition) is 4.